The Morgan fingerprint density at radius 1 is 1.53 bits per heavy atom. The number of nitrogens with one attached hydrogen (secondary N) is 1. The lowest BCUT2D eigenvalue weighted by atomic mass is 10.2. The van der Waals surface area contributed by atoms with Gasteiger partial charge in [0.25, 0.3) is 0 Å². The number of rotatable bonds is 5. The minimum Gasteiger partial charge on any atom is -0.496 e. The first-order valence-corrected chi connectivity index (χ1v) is 7.38. The van der Waals surface area contributed by atoms with Gasteiger partial charge >= 0.3 is 0 Å². The van der Waals surface area contributed by atoms with Crippen molar-refractivity contribution < 1.29 is 9.53 Å². The molecule has 1 aromatic heterocycles. The first-order valence-electron chi connectivity index (χ1n) is 5.71. The number of methoxy groups -OCH3 is 1. The normalized spacial score (nSPS) is 10.2. The molecule has 1 aromatic carbocycles. The van der Waals surface area contributed by atoms with E-state index in [-0.39, 0.29) is 5.91 Å². The number of aromatic nitrogens is 1. The molecule has 1 heterocycles. The summed E-state index contributed by atoms with van der Waals surface area (Å²) >= 11 is 4.95. The van der Waals surface area contributed by atoms with Crippen LogP contribution in [0.1, 0.15) is 11.4 Å². The van der Waals surface area contributed by atoms with E-state index in [1.54, 1.807) is 30.7 Å². The number of nitrogens with zero attached hydrogens (tertiary/aromatic N) is 1. The summed E-state index contributed by atoms with van der Waals surface area (Å²) in [6.07, 6.45) is 2.84. The van der Waals surface area contributed by atoms with E-state index in [9.17, 15) is 4.79 Å². The molecule has 0 unspecified atom stereocenters. The molecular weight excluding hydrogens is 328 g/mol. The van der Waals surface area contributed by atoms with Crippen LogP contribution in [0.15, 0.2) is 34.2 Å². The number of amides is 1. The summed E-state index contributed by atoms with van der Waals surface area (Å²) in [4.78, 5) is 15.9. The van der Waals surface area contributed by atoms with Gasteiger partial charge in [-0.3, -0.25) is 4.79 Å². The zero-order valence-electron chi connectivity index (χ0n) is 10.4. The number of benzene rings is 1. The maximum atomic E-state index is 11.8. The highest BCUT2D eigenvalue weighted by atomic mass is 79.9. The van der Waals surface area contributed by atoms with Crippen molar-refractivity contribution >= 4 is 38.9 Å². The van der Waals surface area contributed by atoms with Crippen LogP contribution in [0.2, 0.25) is 0 Å². The maximum Gasteiger partial charge on any atom is 0.224 e. The molecule has 19 heavy (non-hydrogen) atoms. The molecule has 1 N–H and O–H groups in total. The van der Waals surface area contributed by atoms with Gasteiger partial charge in [-0.2, -0.15) is 0 Å². The monoisotopic (exact) mass is 340 g/mol. The fourth-order valence-corrected chi connectivity index (χ4v) is 2.73. The standard InChI is InChI=1S/C13H13BrN2O2S/c1-18-11-3-2-9(8-10(11)14)16-12(17)4-5-13-15-6-7-19-13/h2-3,6-8H,4-5H2,1H3,(H,16,17). The van der Waals surface area contributed by atoms with Crippen molar-refractivity contribution in [3.05, 3.63) is 39.3 Å². The predicted octanol–water partition coefficient (Wildman–Crippen LogP) is 3.49. The third-order valence-corrected chi connectivity index (χ3v) is 3.94. The van der Waals surface area contributed by atoms with Crippen LogP contribution in [0.5, 0.6) is 5.75 Å². The highest BCUT2D eigenvalue weighted by molar-refractivity contribution is 9.10. The Morgan fingerprint density at radius 3 is 3.00 bits per heavy atom. The molecule has 2 aromatic rings. The molecular formula is C13H13BrN2O2S. The topological polar surface area (TPSA) is 51.2 Å². The van der Waals surface area contributed by atoms with Crippen LogP contribution in [0.3, 0.4) is 0 Å². The fraction of sp³-hybridized carbons (Fsp3) is 0.231. The van der Waals surface area contributed by atoms with Crippen LogP contribution in [0.4, 0.5) is 5.69 Å². The molecule has 0 atom stereocenters. The molecule has 0 aliphatic heterocycles. The molecule has 0 aliphatic rings. The van der Waals surface area contributed by atoms with Gasteiger partial charge in [0.2, 0.25) is 5.91 Å². The Morgan fingerprint density at radius 2 is 2.37 bits per heavy atom. The Kier molecular flexibility index (Phi) is 4.93. The van der Waals surface area contributed by atoms with Crippen molar-refractivity contribution in [2.24, 2.45) is 0 Å². The van der Waals surface area contributed by atoms with Crippen molar-refractivity contribution in [1.82, 2.24) is 4.98 Å². The zero-order chi connectivity index (χ0) is 13.7. The highest BCUT2D eigenvalue weighted by Crippen LogP contribution is 2.27. The van der Waals surface area contributed by atoms with Gasteiger partial charge in [0, 0.05) is 30.1 Å². The fourth-order valence-electron chi connectivity index (χ4n) is 1.56. The summed E-state index contributed by atoms with van der Waals surface area (Å²) in [5.74, 6) is 0.716. The van der Waals surface area contributed by atoms with E-state index in [1.807, 2.05) is 17.5 Å². The van der Waals surface area contributed by atoms with Gasteiger partial charge in [-0.1, -0.05) is 0 Å². The zero-order valence-corrected chi connectivity index (χ0v) is 12.8. The molecule has 100 valence electrons. The average molecular weight is 341 g/mol. The average Bonchev–Trinajstić information content (AvgIpc) is 2.90. The Hall–Kier alpha value is -1.40. The highest BCUT2D eigenvalue weighted by Gasteiger charge is 2.06. The molecule has 1 amide bonds. The van der Waals surface area contributed by atoms with E-state index in [2.05, 4.69) is 26.2 Å². The molecule has 4 nitrogen and oxygen atoms in total. The Balaban J connectivity index is 1.90. The van der Waals surface area contributed by atoms with Gasteiger partial charge in [0.05, 0.1) is 16.6 Å². The largest absolute Gasteiger partial charge is 0.496 e. The van der Waals surface area contributed by atoms with E-state index in [0.717, 1.165) is 20.9 Å². The molecule has 2 rings (SSSR count). The lowest BCUT2D eigenvalue weighted by Gasteiger charge is -2.07. The number of hydrogen-bond donors (Lipinski definition) is 1. The van der Waals surface area contributed by atoms with Crippen LogP contribution >= 0.6 is 27.3 Å². The Labute approximate surface area is 124 Å². The lowest BCUT2D eigenvalue weighted by molar-refractivity contribution is -0.116. The first-order chi connectivity index (χ1) is 9.19. The molecule has 0 saturated carbocycles. The molecule has 0 fully saturated rings. The van der Waals surface area contributed by atoms with Crippen molar-refractivity contribution in [2.45, 2.75) is 12.8 Å². The SMILES string of the molecule is COc1ccc(NC(=O)CCc2nccs2)cc1Br. The van der Waals surface area contributed by atoms with E-state index in [4.69, 9.17) is 4.74 Å². The summed E-state index contributed by atoms with van der Waals surface area (Å²) < 4.78 is 5.95. The van der Waals surface area contributed by atoms with Gasteiger partial charge < -0.3 is 10.1 Å². The number of aryl methyl sites for hydroxylation is 1. The molecule has 0 spiro atoms. The number of carbonyl (C=O) groups excluding carboxylic acids is 1. The molecule has 6 heteroatoms. The molecule has 0 saturated heterocycles. The van der Waals surface area contributed by atoms with Crippen molar-refractivity contribution in [2.75, 3.05) is 12.4 Å². The smallest absolute Gasteiger partial charge is 0.224 e. The minimum absolute atomic E-state index is 0.0210. The number of anilines is 1. The third-order valence-electron chi connectivity index (χ3n) is 2.48. The van der Waals surface area contributed by atoms with Gasteiger partial charge in [0.1, 0.15) is 5.75 Å². The number of halogens is 1. The number of hydrogen-bond acceptors (Lipinski definition) is 4. The number of thiazole rings is 1. The van der Waals surface area contributed by atoms with Crippen LogP contribution in [-0.4, -0.2) is 18.0 Å². The van der Waals surface area contributed by atoms with Gasteiger partial charge in [-0.15, -0.1) is 11.3 Å². The second kappa shape index (κ2) is 6.68. The first kappa shape index (κ1) is 14.0. The van der Waals surface area contributed by atoms with Crippen LogP contribution < -0.4 is 10.1 Å². The van der Waals surface area contributed by atoms with Crippen molar-refractivity contribution in [3.8, 4) is 5.75 Å². The van der Waals surface area contributed by atoms with Crippen LogP contribution in [-0.2, 0) is 11.2 Å². The quantitative estimate of drug-likeness (QED) is 0.906. The molecule has 0 bridgehead atoms. The molecule has 0 aliphatic carbocycles. The van der Waals surface area contributed by atoms with Gasteiger partial charge in [0.15, 0.2) is 0 Å². The Bertz CT molecular complexity index is 558. The molecule has 0 radical (unpaired) electrons. The second-order valence-electron chi connectivity index (χ2n) is 3.82. The number of carbonyl (C=O) groups is 1. The van der Waals surface area contributed by atoms with Crippen LogP contribution in [0, 0.1) is 0 Å². The van der Waals surface area contributed by atoms with Crippen molar-refractivity contribution in [3.63, 3.8) is 0 Å². The predicted molar refractivity (Wildman–Crippen MR) is 79.8 cm³/mol. The number of ether oxygens (including phenoxy) is 1. The van der Waals surface area contributed by atoms with E-state index in [0.29, 0.717) is 12.8 Å². The summed E-state index contributed by atoms with van der Waals surface area (Å²) in [6.45, 7) is 0. The third kappa shape index (κ3) is 4.04. The van der Waals surface area contributed by atoms with Gasteiger partial charge in [-0.25, -0.2) is 4.98 Å². The minimum atomic E-state index is -0.0210. The van der Waals surface area contributed by atoms with Crippen molar-refractivity contribution in [1.29, 1.82) is 0 Å². The van der Waals surface area contributed by atoms with Crippen LogP contribution in [0.25, 0.3) is 0 Å². The van der Waals surface area contributed by atoms with E-state index < -0.39 is 0 Å². The van der Waals surface area contributed by atoms with E-state index >= 15 is 0 Å². The lowest BCUT2D eigenvalue weighted by Crippen LogP contribution is -2.12. The van der Waals surface area contributed by atoms with Gasteiger partial charge in [-0.05, 0) is 34.1 Å². The second-order valence-corrected chi connectivity index (χ2v) is 5.66. The summed E-state index contributed by atoms with van der Waals surface area (Å²) in [7, 11) is 1.60. The van der Waals surface area contributed by atoms with E-state index in [1.165, 1.54) is 0 Å². The summed E-state index contributed by atoms with van der Waals surface area (Å²) in [5, 5.41) is 5.74. The summed E-state index contributed by atoms with van der Waals surface area (Å²) in [6, 6.07) is 5.44. The summed E-state index contributed by atoms with van der Waals surface area (Å²) in [5.41, 5.74) is 0.747. The maximum absolute atomic E-state index is 11.8.